The van der Waals surface area contributed by atoms with E-state index >= 15 is 0 Å². The minimum Gasteiger partial charge on any atom is -0.299 e. The predicted molar refractivity (Wildman–Crippen MR) is 66.2 cm³/mol. The Morgan fingerprint density at radius 1 is 1.33 bits per heavy atom. The summed E-state index contributed by atoms with van der Waals surface area (Å²) in [7, 11) is 0. The second-order valence-electron chi connectivity index (χ2n) is 5.16. The van der Waals surface area contributed by atoms with E-state index in [1.165, 1.54) is 12.1 Å². The predicted octanol–water partition coefficient (Wildman–Crippen LogP) is 3.90. The molecule has 0 saturated heterocycles. The number of Topliss-reactive ketones (excluding diaryl/α,β-unsaturated/α-hetero) is 1. The summed E-state index contributed by atoms with van der Waals surface area (Å²) >= 11 is 0. The number of ketones is 1. The number of hydrogen-bond donors (Lipinski definition) is 0. The molecule has 2 unspecified atom stereocenters. The molecule has 1 fully saturated rings. The van der Waals surface area contributed by atoms with Gasteiger partial charge in [-0.1, -0.05) is 19.4 Å². The summed E-state index contributed by atoms with van der Waals surface area (Å²) in [4.78, 5) is 12.1. The van der Waals surface area contributed by atoms with E-state index in [9.17, 15) is 13.6 Å². The van der Waals surface area contributed by atoms with Gasteiger partial charge in [-0.25, -0.2) is 8.78 Å². The maximum atomic E-state index is 13.4. The van der Waals surface area contributed by atoms with E-state index in [4.69, 9.17) is 0 Å². The Balaban J connectivity index is 1.99. The Bertz CT molecular complexity index is 442. The maximum Gasteiger partial charge on any atom is 0.140 e. The molecule has 0 radical (unpaired) electrons. The zero-order chi connectivity index (χ0) is 13.1. The van der Waals surface area contributed by atoms with Gasteiger partial charge in [-0.2, -0.15) is 0 Å². The third kappa shape index (κ3) is 2.95. The Hall–Kier alpha value is -1.25. The first-order valence-corrected chi connectivity index (χ1v) is 6.56. The van der Waals surface area contributed by atoms with Crippen molar-refractivity contribution in [2.75, 3.05) is 0 Å². The molecule has 1 aromatic rings. The van der Waals surface area contributed by atoms with Gasteiger partial charge in [-0.3, -0.25) is 4.79 Å². The summed E-state index contributed by atoms with van der Waals surface area (Å²) in [6.45, 7) is 2.14. The van der Waals surface area contributed by atoms with Crippen LogP contribution in [0, 0.1) is 23.5 Å². The fourth-order valence-electron chi connectivity index (χ4n) is 2.74. The number of benzene rings is 1. The van der Waals surface area contributed by atoms with Crippen molar-refractivity contribution >= 4 is 5.78 Å². The van der Waals surface area contributed by atoms with Crippen LogP contribution in [0.5, 0.6) is 0 Å². The van der Waals surface area contributed by atoms with Crippen LogP contribution >= 0.6 is 0 Å². The van der Waals surface area contributed by atoms with Crippen LogP contribution in [-0.2, 0) is 11.2 Å². The maximum absolute atomic E-state index is 13.4. The van der Waals surface area contributed by atoms with Crippen LogP contribution in [-0.4, -0.2) is 5.78 Å². The van der Waals surface area contributed by atoms with E-state index in [1.807, 2.05) is 0 Å². The second kappa shape index (κ2) is 5.59. The molecule has 18 heavy (non-hydrogen) atoms. The van der Waals surface area contributed by atoms with Gasteiger partial charge in [0.25, 0.3) is 0 Å². The van der Waals surface area contributed by atoms with Crippen molar-refractivity contribution in [3.8, 4) is 0 Å². The molecule has 1 nitrogen and oxygen atoms in total. The van der Waals surface area contributed by atoms with Crippen LogP contribution in [0.15, 0.2) is 18.2 Å². The fourth-order valence-corrected chi connectivity index (χ4v) is 2.74. The van der Waals surface area contributed by atoms with Crippen LogP contribution in [0.3, 0.4) is 0 Å². The van der Waals surface area contributed by atoms with E-state index in [2.05, 4.69) is 6.92 Å². The van der Waals surface area contributed by atoms with Crippen molar-refractivity contribution in [3.05, 3.63) is 35.4 Å². The highest BCUT2D eigenvalue weighted by Crippen LogP contribution is 2.34. The van der Waals surface area contributed by atoms with Gasteiger partial charge in [0.05, 0.1) is 0 Å². The summed E-state index contributed by atoms with van der Waals surface area (Å²) in [6, 6.07) is 3.41. The minimum atomic E-state index is -0.617. The van der Waals surface area contributed by atoms with Crippen molar-refractivity contribution in [1.82, 2.24) is 0 Å². The van der Waals surface area contributed by atoms with Crippen LogP contribution in [0.4, 0.5) is 8.78 Å². The van der Waals surface area contributed by atoms with Gasteiger partial charge in [0, 0.05) is 18.4 Å². The van der Waals surface area contributed by atoms with Gasteiger partial charge < -0.3 is 0 Å². The topological polar surface area (TPSA) is 17.1 Å². The lowest BCUT2D eigenvalue weighted by Gasteiger charge is -2.09. The Morgan fingerprint density at radius 3 is 2.72 bits per heavy atom. The number of carbonyl (C=O) groups excluding carboxylic acids is 1. The van der Waals surface area contributed by atoms with Crippen molar-refractivity contribution < 1.29 is 13.6 Å². The highest BCUT2D eigenvalue weighted by atomic mass is 19.1. The molecule has 2 atom stereocenters. The lowest BCUT2D eigenvalue weighted by Crippen LogP contribution is -2.15. The summed E-state index contributed by atoms with van der Waals surface area (Å²) in [5.74, 6) is -0.420. The smallest absolute Gasteiger partial charge is 0.140 e. The van der Waals surface area contributed by atoms with Crippen LogP contribution < -0.4 is 0 Å². The van der Waals surface area contributed by atoms with E-state index in [0.29, 0.717) is 11.5 Å². The Kier molecular flexibility index (Phi) is 4.10. The molecule has 0 aliphatic heterocycles. The first-order valence-electron chi connectivity index (χ1n) is 6.56. The van der Waals surface area contributed by atoms with Crippen LogP contribution in [0.25, 0.3) is 0 Å². The first kappa shape index (κ1) is 13.2. The molecule has 2 rings (SSSR count). The molecule has 1 aliphatic carbocycles. The summed E-state index contributed by atoms with van der Waals surface area (Å²) < 4.78 is 26.2. The van der Waals surface area contributed by atoms with Crippen molar-refractivity contribution in [2.45, 2.75) is 39.0 Å². The van der Waals surface area contributed by atoms with E-state index < -0.39 is 11.6 Å². The lowest BCUT2D eigenvalue weighted by atomic mass is 9.94. The molecule has 0 amide bonds. The van der Waals surface area contributed by atoms with Crippen molar-refractivity contribution in [2.24, 2.45) is 11.8 Å². The minimum absolute atomic E-state index is 0.0689. The van der Waals surface area contributed by atoms with Gasteiger partial charge in [0.2, 0.25) is 0 Å². The molecule has 1 aliphatic rings. The van der Waals surface area contributed by atoms with E-state index in [1.54, 1.807) is 0 Å². The average Bonchev–Trinajstić information content (AvgIpc) is 2.81. The van der Waals surface area contributed by atoms with Gasteiger partial charge in [-0.15, -0.1) is 0 Å². The fraction of sp³-hybridized carbons (Fsp3) is 0.533. The van der Waals surface area contributed by atoms with Gasteiger partial charge in [0.15, 0.2) is 0 Å². The number of rotatable bonds is 4. The van der Waals surface area contributed by atoms with Crippen LogP contribution in [0.1, 0.15) is 38.2 Å². The standard InChI is InChI=1S/C15H18F2O/c1-2-10-3-4-12(7-10)15(18)8-11-5-6-13(16)9-14(11)17/h5-6,9-10,12H,2-4,7-8H2,1H3. The molecule has 98 valence electrons. The summed E-state index contributed by atoms with van der Waals surface area (Å²) in [6.07, 6.45) is 4.14. The van der Waals surface area contributed by atoms with Crippen molar-refractivity contribution in [3.63, 3.8) is 0 Å². The molecule has 3 heteroatoms. The number of halogens is 2. The SMILES string of the molecule is CCC1CCC(C(=O)Cc2ccc(F)cc2F)C1. The van der Waals surface area contributed by atoms with Crippen LogP contribution in [0.2, 0.25) is 0 Å². The quantitative estimate of drug-likeness (QED) is 0.794. The third-order valence-electron chi connectivity index (χ3n) is 3.95. The Morgan fingerprint density at radius 2 is 2.11 bits per heavy atom. The summed E-state index contributed by atoms with van der Waals surface area (Å²) in [5.41, 5.74) is 0.307. The van der Waals surface area contributed by atoms with Crippen molar-refractivity contribution in [1.29, 1.82) is 0 Å². The summed E-state index contributed by atoms with van der Waals surface area (Å²) in [5, 5.41) is 0. The van der Waals surface area contributed by atoms with Gasteiger partial charge in [0.1, 0.15) is 17.4 Å². The van der Waals surface area contributed by atoms with Gasteiger partial charge in [-0.05, 0) is 36.8 Å². The molecular formula is C15H18F2O. The molecule has 1 saturated carbocycles. The first-order chi connectivity index (χ1) is 8.60. The Labute approximate surface area is 106 Å². The number of carbonyl (C=O) groups is 1. The number of hydrogen-bond acceptors (Lipinski definition) is 1. The molecule has 1 aromatic carbocycles. The normalized spacial score (nSPS) is 23.3. The highest BCUT2D eigenvalue weighted by molar-refractivity contribution is 5.83. The largest absolute Gasteiger partial charge is 0.299 e. The lowest BCUT2D eigenvalue weighted by molar-refractivity contribution is -0.122. The monoisotopic (exact) mass is 252 g/mol. The molecule has 0 bridgehead atoms. The highest BCUT2D eigenvalue weighted by Gasteiger charge is 2.28. The molecule has 0 spiro atoms. The average molecular weight is 252 g/mol. The third-order valence-corrected chi connectivity index (χ3v) is 3.95. The molecule has 0 aromatic heterocycles. The zero-order valence-electron chi connectivity index (χ0n) is 10.6. The molecule has 0 heterocycles. The second-order valence-corrected chi connectivity index (χ2v) is 5.16. The van der Waals surface area contributed by atoms with E-state index in [-0.39, 0.29) is 18.1 Å². The zero-order valence-corrected chi connectivity index (χ0v) is 10.6. The molecule has 0 N–H and O–H groups in total. The van der Waals surface area contributed by atoms with E-state index in [0.717, 1.165) is 31.7 Å². The van der Waals surface area contributed by atoms with Gasteiger partial charge >= 0.3 is 0 Å². The molecular weight excluding hydrogens is 234 g/mol.